The number of nitrogens with one attached hydrogen (secondary N) is 1. The van der Waals surface area contributed by atoms with E-state index < -0.39 is 0 Å². The van der Waals surface area contributed by atoms with Gasteiger partial charge < -0.3 is 9.72 Å². The van der Waals surface area contributed by atoms with Crippen LogP contribution in [0.25, 0.3) is 10.9 Å². The normalized spacial score (nSPS) is 10.7. The second-order valence-electron chi connectivity index (χ2n) is 2.98. The first-order valence-electron chi connectivity index (χ1n) is 4.04. The number of hydrogen-bond acceptors (Lipinski definition) is 1. The van der Waals surface area contributed by atoms with Gasteiger partial charge in [0.05, 0.1) is 12.6 Å². The van der Waals surface area contributed by atoms with Crippen LogP contribution in [-0.4, -0.2) is 12.1 Å². The fourth-order valence-corrected chi connectivity index (χ4v) is 1.74. The highest BCUT2D eigenvalue weighted by atomic mass is 35.5. The summed E-state index contributed by atoms with van der Waals surface area (Å²) in [6.07, 6.45) is 1.94. The molecular weight excluding hydrogens is 186 g/mol. The zero-order valence-electron chi connectivity index (χ0n) is 7.52. The maximum Gasteiger partial charge on any atom is 0.139 e. The molecule has 0 atom stereocenters. The van der Waals surface area contributed by atoms with Crippen LogP contribution >= 0.6 is 11.6 Å². The van der Waals surface area contributed by atoms with Gasteiger partial charge in [-0.05, 0) is 24.6 Å². The Balaban J connectivity index is 2.80. The SMILES string of the molecule is COc1ccc2c(C)c[nH]c2c1Cl. The van der Waals surface area contributed by atoms with Crippen molar-refractivity contribution in [1.29, 1.82) is 0 Å². The van der Waals surface area contributed by atoms with Crippen LogP contribution in [0.3, 0.4) is 0 Å². The molecular formula is C10H10ClNO. The largest absolute Gasteiger partial charge is 0.495 e. The second-order valence-corrected chi connectivity index (χ2v) is 3.35. The van der Waals surface area contributed by atoms with Gasteiger partial charge in [-0.3, -0.25) is 0 Å². The Hall–Kier alpha value is -1.15. The highest BCUT2D eigenvalue weighted by Gasteiger charge is 2.07. The molecule has 0 aliphatic carbocycles. The molecule has 1 aromatic heterocycles. The quantitative estimate of drug-likeness (QED) is 0.743. The van der Waals surface area contributed by atoms with E-state index >= 15 is 0 Å². The highest BCUT2D eigenvalue weighted by molar-refractivity contribution is 6.36. The molecule has 13 heavy (non-hydrogen) atoms. The summed E-state index contributed by atoms with van der Waals surface area (Å²) >= 11 is 6.10. The molecule has 1 aromatic carbocycles. The number of methoxy groups -OCH3 is 1. The monoisotopic (exact) mass is 195 g/mol. The molecule has 0 radical (unpaired) electrons. The Kier molecular flexibility index (Phi) is 1.93. The van der Waals surface area contributed by atoms with Crippen LogP contribution in [0.5, 0.6) is 5.75 Å². The van der Waals surface area contributed by atoms with E-state index in [0.29, 0.717) is 10.8 Å². The maximum absolute atomic E-state index is 6.10. The van der Waals surface area contributed by atoms with Crippen LogP contribution in [0.4, 0.5) is 0 Å². The summed E-state index contributed by atoms with van der Waals surface area (Å²) in [6, 6.07) is 3.89. The van der Waals surface area contributed by atoms with Gasteiger partial charge in [-0.15, -0.1) is 0 Å². The molecule has 0 unspecified atom stereocenters. The molecule has 0 aliphatic rings. The van der Waals surface area contributed by atoms with Crippen LogP contribution < -0.4 is 4.74 Å². The number of ether oxygens (including phenoxy) is 1. The van der Waals surface area contributed by atoms with Crippen LogP contribution in [0, 0.1) is 6.92 Å². The summed E-state index contributed by atoms with van der Waals surface area (Å²) in [4.78, 5) is 3.12. The first-order chi connectivity index (χ1) is 6.24. The van der Waals surface area contributed by atoms with E-state index in [0.717, 1.165) is 10.9 Å². The van der Waals surface area contributed by atoms with Crippen LogP contribution in [0.1, 0.15) is 5.56 Å². The molecule has 0 aliphatic heterocycles. The smallest absolute Gasteiger partial charge is 0.139 e. The fraction of sp³-hybridized carbons (Fsp3) is 0.200. The van der Waals surface area contributed by atoms with Crippen LogP contribution in [0.2, 0.25) is 5.02 Å². The summed E-state index contributed by atoms with van der Waals surface area (Å²) in [6.45, 7) is 2.04. The highest BCUT2D eigenvalue weighted by Crippen LogP contribution is 2.32. The summed E-state index contributed by atoms with van der Waals surface area (Å²) < 4.78 is 5.11. The van der Waals surface area contributed by atoms with Crippen molar-refractivity contribution in [3.05, 3.63) is 28.9 Å². The Morgan fingerprint density at radius 3 is 2.85 bits per heavy atom. The van der Waals surface area contributed by atoms with E-state index in [1.165, 1.54) is 5.56 Å². The zero-order chi connectivity index (χ0) is 9.42. The van der Waals surface area contributed by atoms with E-state index in [4.69, 9.17) is 16.3 Å². The summed E-state index contributed by atoms with van der Waals surface area (Å²) in [5.74, 6) is 0.705. The molecule has 0 fully saturated rings. The Morgan fingerprint density at radius 2 is 2.15 bits per heavy atom. The van der Waals surface area contributed by atoms with Gasteiger partial charge in [0.25, 0.3) is 0 Å². The summed E-state index contributed by atoms with van der Waals surface area (Å²) in [5, 5.41) is 1.79. The van der Waals surface area contributed by atoms with Gasteiger partial charge in [-0.2, -0.15) is 0 Å². The molecule has 2 nitrogen and oxygen atoms in total. The number of H-pyrrole nitrogens is 1. The topological polar surface area (TPSA) is 25.0 Å². The average Bonchev–Trinajstić information content (AvgIpc) is 2.50. The number of halogens is 1. The number of benzene rings is 1. The minimum absolute atomic E-state index is 0.646. The maximum atomic E-state index is 6.10. The molecule has 68 valence electrons. The first-order valence-corrected chi connectivity index (χ1v) is 4.42. The van der Waals surface area contributed by atoms with Crippen molar-refractivity contribution >= 4 is 22.5 Å². The molecule has 2 aromatic rings. The lowest BCUT2D eigenvalue weighted by atomic mass is 10.2. The first kappa shape index (κ1) is 8.45. The minimum atomic E-state index is 0.646. The molecule has 0 bridgehead atoms. The molecule has 0 saturated carbocycles. The van der Waals surface area contributed by atoms with Crippen LogP contribution in [-0.2, 0) is 0 Å². The number of fused-ring (bicyclic) bond motifs is 1. The third-order valence-electron chi connectivity index (χ3n) is 2.18. The molecule has 0 amide bonds. The fourth-order valence-electron chi connectivity index (χ4n) is 1.44. The van der Waals surface area contributed by atoms with Crippen molar-refractivity contribution in [3.63, 3.8) is 0 Å². The molecule has 1 N–H and O–H groups in total. The van der Waals surface area contributed by atoms with Gasteiger partial charge in [0.2, 0.25) is 0 Å². The molecule has 0 spiro atoms. The Bertz CT molecular complexity index is 447. The van der Waals surface area contributed by atoms with E-state index in [1.54, 1.807) is 7.11 Å². The molecule has 3 heteroatoms. The lowest BCUT2D eigenvalue weighted by Gasteiger charge is -2.02. The van der Waals surface area contributed by atoms with Gasteiger partial charge in [-0.1, -0.05) is 11.6 Å². The van der Waals surface area contributed by atoms with Crippen molar-refractivity contribution in [2.75, 3.05) is 7.11 Å². The van der Waals surface area contributed by atoms with Gasteiger partial charge in [0.1, 0.15) is 10.8 Å². The summed E-state index contributed by atoms with van der Waals surface area (Å²) in [5.41, 5.74) is 2.14. The predicted octanol–water partition coefficient (Wildman–Crippen LogP) is 3.14. The number of aryl methyl sites for hydroxylation is 1. The van der Waals surface area contributed by atoms with E-state index in [2.05, 4.69) is 4.98 Å². The van der Waals surface area contributed by atoms with E-state index in [9.17, 15) is 0 Å². The lowest BCUT2D eigenvalue weighted by molar-refractivity contribution is 0.415. The van der Waals surface area contributed by atoms with Gasteiger partial charge in [0.15, 0.2) is 0 Å². The zero-order valence-corrected chi connectivity index (χ0v) is 8.27. The second kappa shape index (κ2) is 2.96. The molecule has 1 heterocycles. The average molecular weight is 196 g/mol. The van der Waals surface area contributed by atoms with Crippen LogP contribution in [0.15, 0.2) is 18.3 Å². The van der Waals surface area contributed by atoms with Crippen molar-refractivity contribution in [1.82, 2.24) is 4.98 Å². The Labute approximate surface area is 81.5 Å². The molecule has 0 saturated heterocycles. The van der Waals surface area contributed by atoms with Gasteiger partial charge in [0, 0.05) is 11.6 Å². The number of aromatic nitrogens is 1. The Morgan fingerprint density at radius 1 is 1.38 bits per heavy atom. The number of rotatable bonds is 1. The van der Waals surface area contributed by atoms with Gasteiger partial charge >= 0.3 is 0 Å². The number of hydrogen-bond donors (Lipinski definition) is 1. The molecule has 2 rings (SSSR count). The standard InChI is InChI=1S/C10H10ClNO/c1-6-5-12-10-7(6)3-4-8(13-2)9(10)11/h3-5,12H,1-2H3. The van der Waals surface area contributed by atoms with Crippen molar-refractivity contribution < 1.29 is 4.74 Å². The van der Waals surface area contributed by atoms with E-state index in [-0.39, 0.29) is 0 Å². The van der Waals surface area contributed by atoms with Crippen molar-refractivity contribution in [2.24, 2.45) is 0 Å². The third kappa shape index (κ3) is 1.18. The van der Waals surface area contributed by atoms with Crippen molar-refractivity contribution in [3.8, 4) is 5.75 Å². The lowest BCUT2D eigenvalue weighted by Crippen LogP contribution is -1.84. The predicted molar refractivity (Wildman–Crippen MR) is 54.6 cm³/mol. The summed E-state index contributed by atoms with van der Waals surface area (Å²) in [7, 11) is 1.61. The van der Waals surface area contributed by atoms with Gasteiger partial charge in [-0.25, -0.2) is 0 Å². The van der Waals surface area contributed by atoms with Crippen molar-refractivity contribution in [2.45, 2.75) is 6.92 Å². The van der Waals surface area contributed by atoms with E-state index in [1.807, 2.05) is 25.3 Å². The number of aromatic amines is 1. The third-order valence-corrected chi connectivity index (χ3v) is 2.56. The minimum Gasteiger partial charge on any atom is -0.495 e.